The zero-order valence-corrected chi connectivity index (χ0v) is 11.1. The highest BCUT2D eigenvalue weighted by atomic mass is 32.1. The number of piperidine rings is 3. The van der Waals surface area contributed by atoms with Crippen molar-refractivity contribution in [3.05, 3.63) is 22.4 Å². The third kappa shape index (κ3) is 1.70. The highest BCUT2D eigenvalue weighted by Gasteiger charge is 2.49. The van der Waals surface area contributed by atoms with Crippen molar-refractivity contribution in [2.24, 2.45) is 17.8 Å². The van der Waals surface area contributed by atoms with Crippen molar-refractivity contribution >= 4 is 17.3 Å². The molecule has 0 aromatic carbocycles. The van der Waals surface area contributed by atoms with Gasteiger partial charge in [-0.05, 0) is 30.2 Å². The fourth-order valence-corrected chi connectivity index (χ4v) is 4.74. The molecular weight excluding hydrogens is 246 g/mol. The van der Waals surface area contributed by atoms with Crippen molar-refractivity contribution in [2.45, 2.75) is 18.9 Å². The number of hydrogen-bond acceptors (Lipinski definition) is 4. The largest absolute Gasteiger partial charge is 0.457 e. The van der Waals surface area contributed by atoms with Crippen LogP contribution in [0.4, 0.5) is 0 Å². The first-order valence-corrected chi connectivity index (χ1v) is 7.64. The molecule has 1 aromatic heterocycles. The van der Waals surface area contributed by atoms with E-state index in [1.807, 2.05) is 17.5 Å². The van der Waals surface area contributed by atoms with E-state index >= 15 is 0 Å². The molecule has 4 heteroatoms. The first kappa shape index (κ1) is 11.0. The fourth-order valence-electron chi connectivity index (χ4n) is 4.13. The summed E-state index contributed by atoms with van der Waals surface area (Å²) in [5, 5.41) is 1.93. The van der Waals surface area contributed by atoms with Gasteiger partial charge in [0.05, 0.1) is 0 Å². The van der Waals surface area contributed by atoms with Crippen molar-refractivity contribution in [3.8, 4) is 0 Å². The molecule has 4 fully saturated rings. The van der Waals surface area contributed by atoms with Gasteiger partial charge in [0.25, 0.3) is 0 Å². The average molecular weight is 263 g/mol. The van der Waals surface area contributed by atoms with Gasteiger partial charge in [0.2, 0.25) is 0 Å². The standard InChI is InChI=1S/C14H17NO2S/c16-14(12-2-1-3-18-12)17-13-10-4-9-5-11(13)8-15(6-9)7-10/h1-3,9-11,13H,4-8H2. The minimum atomic E-state index is -0.113. The summed E-state index contributed by atoms with van der Waals surface area (Å²) in [5.41, 5.74) is 0. The van der Waals surface area contributed by atoms with Crippen LogP contribution in [0.15, 0.2) is 17.5 Å². The minimum absolute atomic E-state index is 0.113. The molecule has 0 amide bonds. The Bertz CT molecular complexity index is 428. The third-order valence-corrected chi connectivity index (χ3v) is 5.52. The van der Waals surface area contributed by atoms with Crippen molar-refractivity contribution in [2.75, 3.05) is 19.6 Å². The number of thiophene rings is 1. The Kier molecular flexibility index (Phi) is 2.49. The molecular formula is C14H17NO2S. The van der Waals surface area contributed by atoms with Gasteiger partial charge in [-0.2, -0.15) is 0 Å². The maximum absolute atomic E-state index is 12.1. The maximum atomic E-state index is 12.1. The zero-order chi connectivity index (χ0) is 12.1. The van der Waals surface area contributed by atoms with Gasteiger partial charge < -0.3 is 9.64 Å². The molecule has 4 aliphatic rings. The second-order valence-electron chi connectivity index (χ2n) is 5.92. The third-order valence-electron chi connectivity index (χ3n) is 4.67. The quantitative estimate of drug-likeness (QED) is 0.766. The average Bonchev–Trinajstić information content (AvgIpc) is 2.86. The molecule has 2 atom stereocenters. The molecule has 0 spiro atoms. The Morgan fingerprint density at radius 3 is 2.67 bits per heavy atom. The first-order chi connectivity index (χ1) is 8.79. The monoisotopic (exact) mass is 263 g/mol. The lowest BCUT2D eigenvalue weighted by Crippen LogP contribution is -2.60. The van der Waals surface area contributed by atoms with E-state index in [-0.39, 0.29) is 12.1 Å². The summed E-state index contributed by atoms with van der Waals surface area (Å²) in [6.45, 7) is 3.55. The van der Waals surface area contributed by atoms with Gasteiger partial charge in [-0.1, -0.05) is 6.07 Å². The van der Waals surface area contributed by atoms with Gasteiger partial charge in [-0.15, -0.1) is 11.3 Å². The van der Waals surface area contributed by atoms with Crippen molar-refractivity contribution in [3.63, 3.8) is 0 Å². The van der Waals surface area contributed by atoms with Crippen LogP contribution in [0.2, 0.25) is 0 Å². The second-order valence-corrected chi connectivity index (χ2v) is 6.87. The first-order valence-electron chi connectivity index (χ1n) is 6.76. The molecule has 4 heterocycles. The molecule has 96 valence electrons. The Morgan fingerprint density at radius 2 is 2.06 bits per heavy atom. The van der Waals surface area contributed by atoms with E-state index in [0.29, 0.717) is 11.8 Å². The molecule has 4 bridgehead atoms. The SMILES string of the molecule is O=C(OC1C2CC3CC1CN(C3)C2)c1cccs1. The number of nitrogens with zero attached hydrogens (tertiary/aromatic N) is 1. The van der Waals surface area contributed by atoms with Crippen molar-refractivity contribution < 1.29 is 9.53 Å². The van der Waals surface area contributed by atoms with Gasteiger partial charge in [0, 0.05) is 31.5 Å². The van der Waals surface area contributed by atoms with Crippen LogP contribution in [-0.2, 0) is 4.74 Å². The number of ether oxygens (including phenoxy) is 1. The van der Waals surface area contributed by atoms with Crippen LogP contribution in [0, 0.1) is 17.8 Å². The number of esters is 1. The van der Waals surface area contributed by atoms with Crippen molar-refractivity contribution in [1.82, 2.24) is 4.90 Å². The van der Waals surface area contributed by atoms with Crippen LogP contribution in [-0.4, -0.2) is 36.6 Å². The normalized spacial score (nSPS) is 41.0. The minimum Gasteiger partial charge on any atom is -0.457 e. The Labute approximate surface area is 111 Å². The van der Waals surface area contributed by atoms with E-state index in [1.165, 1.54) is 30.7 Å². The van der Waals surface area contributed by atoms with Crippen molar-refractivity contribution in [1.29, 1.82) is 0 Å². The highest BCUT2D eigenvalue weighted by Crippen LogP contribution is 2.44. The molecule has 2 unspecified atom stereocenters. The number of hydrogen-bond donors (Lipinski definition) is 0. The highest BCUT2D eigenvalue weighted by molar-refractivity contribution is 7.11. The molecule has 0 N–H and O–H groups in total. The predicted octanol–water partition coefficient (Wildman–Crippen LogP) is 2.25. The van der Waals surface area contributed by atoms with Crippen LogP contribution >= 0.6 is 11.3 Å². The zero-order valence-electron chi connectivity index (χ0n) is 10.2. The van der Waals surface area contributed by atoms with Crippen LogP contribution < -0.4 is 0 Å². The van der Waals surface area contributed by atoms with Crippen LogP contribution in [0.5, 0.6) is 0 Å². The molecule has 3 saturated heterocycles. The smallest absolute Gasteiger partial charge is 0.348 e. The molecule has 18 heavy (non-hydrogen) atoms. The summed E-state index contributed by atoms with van der Waals surface area (Å²) in [5.74, 6) is 1.91. The lowest BCUT2D eigenvalue weighted by Gasteiger charge is -2.55. The fraction of sp³-hybridized carbons (Fsp3) is 0.643. The summed E-state index contributed by atoms with van der Waals surface area (Å²) in [7, 11) is 0. The Morgan fingerprint density at radius 1 is 1.28 bits per heavy atom. The van der Waals surface area contributed by atoms with E-state index in [2.05, 4.69) is 4.90 Å². The molecule has 1 aliphatic carbocycles. The summed E-state index contributed by atoms with van der Waals surface area (Å²) in [6, 6.07) is 3.76. The molecule has 3 nitrogen and oxygen atoms in total. The predicted molar refractivity (Wildman–Crippen MR) is 69.7 cm³/mol. The Hall–Kier alpha value is -0.870. The molecule has 5 rings (SSSR count). The van der Waals surface area contributed by atoms with E-state index in [9.17, 15) is 4.79 Å². The van der Waals surface area contributed by atoms with Gasteiger partial charge in [0.1, 0.15) is 11.0 Å². The number of rotatable bonds is 2. The Balaban J connectivity index is 1.50. The van der Waals surface area contributed by atoms with Crippen LogP contribution in [0.25, 0.3) is 0 Å². The second kappa shape index (κ2) is 4.07. The molecule has 0 radical (unpaired) electrons. The number of carbonyl (C=O) groups excluding carboxylic acids is 1. The maximum Gasteiger partial charge on any atom is 0.348 e. The topological polar surface area (TPSA) is 29.5 Å². The summed E-state index contributed by atoms with van der Waals surface area (Å²) >= 11 is 1.47. The lowest BCUT2D eigenvalue weighted by molar-refractivity contribution is -0.116. The molecule has 1 aromatic rings. The molecule has 1 saturated carbocycles. The molecule has 3 aliphatic heterocycles. The van der Waals surface area contributed by atoms with Gasteiger partial charge in [-0.25, -0.2) is 4.79 Å². The van der Waals surface area contributed by atoms with Crippen LogP contribution in [0.1, 0.15) is 22.5 Å². The van der Waals surface area contributed by atoms with Gasteiger partial charge in [-0.3, -0.25) is 0 Å². The van der Waals surface area contributed by atoms with E-state index < -0.39 is 0 Å². The lowest BCUT2D eigenvalue weighted by atomic mass is 9.66. The van der Waals surface area contributed by atoms with E-state index in [1.54, 1.807) is 0 Å². The van der Waals surface area contributed by atoms with Gasteiger partial charge >= 0.3 is 5.97 Å². The van der Waals surface area contributed by atoms with Crippen LogP contribution in [0.3, 0.4) is 0 Å². The van der Waals surface area contributed by atoms with E-state index in [4.69, 9.17) is 4.74 Å². The van der Waals surface area contributed by atoms with Gasteiger partial charge in [0.15, 0.2) is 0 Å². The number of carbonyl (C=O) groups is 1. The summed E-state index contributed by atoms with van der Waals surface area (Å²) in [4.78, 5) is 15.4. The van der Waals surface area contributed by atoms with E-state index in [0.717, 1.165) is 23.9 Å². The summed E-state index contributed by atoms with van der Waals surface area (Å²) in [6.07, 6.45) is 2.69. The summed E-state index contributed by atoms with van der Waals surface area (Å²) < 4.78 is 5.82.